The Bertz CT molecular complexity index is 962. The van der Waals surface area contributed by atoms with Crippen LogP contribution in [-0.2, 0) is 0 Å². The molecule has 7 nitrogen and oxygen atoms in total. The fourth-order valence-electron chi connectivity index (χ4n) is 3.87. The van der Waals surface area contributed by atoms with Gasteiger partial charge in [-0.05, 0) is 25.7 Å². The maximum absolute atomic E-state index is 13.3. The van der Waals surface area contributed by atoms with Gasteiger partial charge in [0.05, 0.1) is 6.04 Å². The molecule has 31 heavy (non-hydrogen) atoms. The monoisotopic (exact) mass is 444 g/mol. The van der Waals surface area contributed by atoms with Crippen molar-refractivity contribution in [3.8, 4) is 0 Å². The predicted octanol–water partition coefficient (Wildman–Crippen LogP) is 4.03. The number of hydrogen-bond donors (Lipinski definition) is 1. The summed E-state index contributed by atoms with van der Waals surface area (Å²) in [5.41, 5.74) is -0.447. The lowest BCUT2D eigenvalue weighted by Crippen LogP contribution is -2.38. The zero-order chi connectivity index (χ0) is 22.5. The summed E-state index contributed by atoms with van der Waals surface area (Å²) >= 11 is 1.47. The number of aromatic nitrogens is 2. The number of amides is 2. The van der Waals surface area contributed by atoms with Crippen molar-refractivity contribution in [3.05, 3.63) is 50.3 Å². The Balaban J connectivity index is 1.98. The number of carbonyl (C=O) groups excluding carboxylic acids is 2. The summed E-state index contributed by atoms with van der Waals surface area (Å²) in [7, 11) is 1.67. The van der Waals surface area contributed by atoms with Gasteiger partial charge >= 0.3 is 0 Å². The van der Waals surface area contributed by atoms with Gasteiger partial charge in [-0.15, -0.1) is 11.3 Å². The third-order valence-electron chi connectivity index (χ3n) is 5.90. The molecule has 0 saturated heterocycles. The molecule has 0 aliphatic heterocycles. The molecule has 3 rings (SSSR count). The van der Waals surface area contributed by atoms with E-state index >= 15 is 0 Å². The lowest BCUT2D eigenvalue weighted by molar-refractivity contribution is 0.0740. The average Bonchev–Trinajstić information content (AvgIpc) is 3.31. The Labute approximate surface area is 187 Å². The highest BCUT2D eigenvalue weighted by atomic mass is 32.1. The Morgan fingerprint density at radius 1 is 1.19 bits per heavy atom. The van der Waals surface area contributed by atoms with Crippen LogP contribution in [0.25, 0.3) is 0 Å². The van der Waals surface area contributed by atoms with Crippen LogP contribution >= 0.6 is 11.3 Å². The molecule has 2 aromatic heterocycles. The number of nitrogens with one attached hydrogen (secondary N) is 1. The molecule has 0 radical (unpaired) electrons. The lowest BCUT2D eigenvalue weighted by atomic mass is 9.95. The second-order valence-electron chi connectivity index (χ2n) is 8.72. The van der Waals surface area contributed by atoms with Gasteiger partial charge in [-0.2, -0.15) is 0 Å². The van der Waals surface area contributed by atoms with E-state index < -0.39 is 17.2 Å². The van der Waals surface area contributed by atoms with Gasteiger partial charge < -0.3 is 14.8 Å². The molecule has 1 N–H and O–H groups in total. The van der Waals surface area contributed by atoms with Crippen molar-refractivity contribution in [3.63, 3.8) is 0 Å². The van der Waals surface area contributed by atoms with Crippen LogP contribution in [0, 0.1) is 5.92 Å². The molecule has 2 aromatic rings. The summed E-state index contributed by atoms with van der Waals surface area (Å²) in [5, 5.41) is 5.49. The number of nitrogens with zero attached hydrogens (tertiary/aromatic N) is 3. The minimum Gasteiger partial charge on any atom is -0.352 e. The van der Waals surface area contributed by atoms with E-state index in [1.165, 1.54) is 22.7 Å². The highest BCUT2D eigenvalue weighted by Crippen LogP contribution is 2.28. The van der Waals surface area contributed by atoms with Crippen molar-refractivity contribution in [2.45, 2.75) is 65.0 Å². The molecular weight excluding hydrogens is 412 g/mol. The molecule has 0 aromatic carbocycles. The molecular formula is C23H32N4O3S. The summed E-state index contributed by atoms with van der Waals surface area (Å²) in [6, 6.07) is -0.0762. The predicted molar refractivity (Wildman–Crippen MR) is 123 cm³/mol. The van der Waals surface area contributed by atoms with Crippen LogP contribution < -0.4 is 10.7 Å². The summed E-state index contributed by atoms with van der Waals surface area (Å²) in [6.45, 7) is 6.35. The molecule has 2 heterocycles. The zero-order valence-electron chi connectivity index (χ0n) is 18.8. The van der Waals surface area contributed by atoms with Crippen molar-refractivity contribution < 1.29 is 9.59 Å². The van der Waals surface area contributed by atoms with Gasteiger partial charge in [0.15, 0.2) is 0 Å². The van der Waals surface area contributed by atoms with Crippen molar-refractivity contribution >= 4 is 23.2 Å². The summed E-state index contributed by atoms with van der Waals surface area (Å²) in [6.07, 6.45) is 10.3. The Morgan fingerprint density at radius 2 is 1.87 bits per heavy atom. The SMILES string of the molecule is CC(C)CNC(=O)c1cn(C2CCCCC2)cc(C(=O)N(C)C(C)c2nccs2)c1=O. The summed E-state index contributed by atoms with van der Waals surface area (Å²) < 4.78 is 1.92. The van der Waals surface area contributed by atoms with E-state index in [-0.39, 0.29) is 29.1 Å². The van der Waals surface area contributed by atoms with Crippen LogP contribution in [-0.4, -0.2) is 39.9 Å². The van der Waals surface area contributed by atoms with Gasteiger partial charge in [-0.3, -0.25) is 14.4 Å². The van der Waals surface area contributed by atoms with Gasteiger partial charge in [0.2, 0.25) is 5.43 Å². The fraction of sp³-hybridized carbons (Fsp3) is 0.565. The van der Waals surface area contributed by atoms with Crippen molar-refractivity contribution in [1.82, 2.24) is 19.8 Å². The maximum atomic E-state index is 13.3. The molecule has 1 fully saturated rings. The maximum Gasteiger partial charge on any atom is 0.259 e. The van der Waals surface area contributed by atoms with E-state index in [4.69, 9.17) is 0 Å². The molecule has 1 aliphatic rings. The van der Waals surface area contributed by atoms with Crippen LogP contribution in [0.4, 0.5) is 0 Å². The second-order valence-corrected chi connectivity index (χ2v) is 9.65. The van der Waals surface area contributed by atoms with Crippen molar-refractivity contribution in [2.24, 2.45) is 5.92 Å². The lowest BCUT2D eigenvalue weighted by Gasteiger charge is -2.27. The minimum atomic E-state index is -0.517. The van der Waals surface area contributed by atoms with E-state index in [1.54, 1.807) is 25.6 Å². The Hall–Kier alpha value is -2.48. The van der Waals surface area contributed by atoms with E-state index in [0.717, 1.165) is 30.7 Å². The van der Waals surface area contributed by atoms with Crippen LogP contribution in [0.2, 0.25) is 0 Å². The molecule has 168 valence electrons. The molecule has 1 atom stereocenters. The van der Waals surface area contributed by atoms with Crippen LogP contribution in [0.15, 0.2) is 28.8 Å². The fourth-order valence-corrected chi connectivity index (χ4v) is 4.60. The second kappa shape index (κ2) is 10.2. The van der Waals surface area contributed by atoms with Gasteiger partial charge in [-0.1, -0.05) is 33.1 Å². The highest BCUT2D eigenvalue weighted by molar-refractivity contribution is 7.09. The van der Waals surface area contributed by atoms with E-state index in [1.807, 2.05) is 30.7 Å². The standard InChI is InChI=1S/C23H32N4O3S/c1-15(2)12-25-21(29)18-13-27(17-8-6-5-7-9-17)14-19(20(18)28)23(30)26(4)16(3)22-24-10-11-31-22/h10-11,13-17H,5-9,12H2,1-4H3,(H,25,29). The smallest absolute Gasteiger partial charge is 0.259 e. The van der Waals surface area contributed by atoms with Crippen LogP contribution in [0.1, 0.15) is 90.7 Å². The van der Waals surface area contributed by atoms with Gasteiger partial charge in [-0.25, -0.2) is 4.98 Å². The molecule has 1 aliphatic carbocycles. The number of hydrogen-bond acceptors (Lipinski definition) is 5. The largest absolute Gasteiger partial charge is 0.352 e. The third-order valence-corrected chi connectivity index (χ3v) is 6.84. The zero-order valence-corrected chi connectivity index (χ0v) is 19.6. The molecule has 2 amide bonds. The normalized spacial score (nSPS) is 15.6. The van der Waals surface area contributed by atoms with Crippen LogP contribution in [0.5, 0.6) is 0 Å². The van der Waals surface area contributed by atoms with Crippen LogP contribution in [0.3, 0.4) is 0 Å². The number of rotatable bonds is 7. The van der Waals surface area contributed by atoms with Crippen molar-refractivity contribution in [1.29, 1.82) is 0 Å². The molecule has 0 bridgehead atoms. The number of carbonyl (C=O) groups is 2. The Kier molecular flexibility index (Phi) is 7.64. The van der Waals surface area contributed by atoms with E-state index in [0.29, 0.717) is 6.54 Å². The van der Waals surface area contributed by atoms with Gasteiger partial charge in [0.1, 0.15) is 16.1 Å². The van der Waals surface area contributed by atoms with E-state index in [9.17, 15) is 14.4 Å². The van der Waals surface area contributed by atoms with E-state index in [2.05, 4.69) is 10.3 Å². The molecule has 1 unspecified atom stereocenters. The molecule has 1 saturated carbocycles. The minimum absolute atomic E-state index is 0.0346. The summed E-state index contributed by atoms with van der Waals surface area (Å²) in [5.74, 6) is -0.552. The van der Waals surface area contributed by atoms with Gasteiger partial charge in [0, 0.05) is 43.6 Å². The highest BCUT2D eigenvalue weighted by Gasteiger charge is 2.27. The van der Waals surface area contributed by atoms with Gasteiger partial charge in [0.25, 0.3) is 11.8 Å². The first kappa shape index (κ1) is 23.2. The Morgan fingerprint density at radius 3 is 2.48 bits per heavy atom. The third kappa shape index (κ3) is 5.42. The molecule has 0 spiro atoms. The first-order chi connectivity index (χ1) is 14.8. The first-order valence-electron chi connectivity index (χ1n) is 11.0. The van der Waals surface area contributed by atoms with Crippen molar-refractivity contribution in [2.75, 3.05) is 13.6 Å². The topological polar surface area (TPSA) is 84.3 Å². The first-order valence-corrected chi connectivity index (χ1v) is 11.9. The quantitative estimate of drug-likeness (QED) is 0.699. The number of pyridine rings is 1. The molecule has 8 heteroatoms. The number of thiazole rings is 1. The summed E-state index contributed by atoms with van der Waals surface area (Å²) in [4.78, 5) is 45.2. The average molecular weight is 445 g/mol.